The summed E-state index contributed by atoms with van der Waals surface area (Å²) in [5.41, 5.74) is 0.347. The molecule has 0 unspecified atom stereocenters. The Morgan fingerprint density at radius 1 is 1.27 bits per heavy atom. The summed E-state index contributed by atoms with van der Waals surface area (Å²) in [4.78, 5) is 9.47. The molecule has 3 fully saturated rings. The van der Waals surface area contributed by atoms with Crippen LogP contribution in [-0.4, -0.2) is 86.3 Å². The molecule has 0 radical (unpaired) electrons. The molecular formula is C19H37IN4OS. The average Bonchev–Trinajstić information content (AvgIpc) is 3.35. The van der Waals surface area contributed by atoms with Crippen molar-refractivity contribution in [2.75, 3.05) is 65.0 Å². The number of aliphatic imine (C=N–C) groups is 1. The first-order chi connectivity index (χ1) is 12.2. The number of hydrogen-bond acceptors (Lipinski definition) is 4. The van der Waals surface area contributed by atoms with Gasteiger partial charge in [-0.3, -0.25) is 9.89 Å². The highest BCUT2D eigenvalue weighted by Gasteiger charge is 2.40. The Bertz CT molecular complexity index is 435. The lowest BCUT2D eigenvalue weighted by Crippen LogP contribution is -2.57. The second-order valence-corrected chi connectivity index (χ2v) is 9.10. The second-order valence-electron chi connectivity index (χ2n) is 7.87. The van der Waals surface area contributed by atoms with E-state index >= 15 is 0 Å². The molecule has 26 heavy (non-hydrogen) atoms. The molecule has 2 aliphatic carbocycles. The Labute approximate surface area is 181 Å². The number of thioether (sulfide) groups is 1. The fourth-order valence-electron chi connectivity index (χ4n) is 4.15. The van der Waals surface area contributed by atoms with Crippen LogP contribution in [0.15, 0.2) is 4.99 Å². The molecule has 0 aromatic carbocycles. The molecule has 0 aromatic heterocycles. The van der Waals surface area contributed by atoms with Crippen molar-refractivity contribution in [2.45, 2.75) is 44.1 Å². The molecule has 5 nitrogen and oxygen atoms in total. The van der Waals surface area contributed by atoms with Crippen molar-refractivity contribution in [3.8, 4) is 0 Å². The van der Waals surface area contributed by atoms with Gasteiger partial charge in [0.25, 0.3) is 0 Å². The zero-order valence-electron chi connectivity index (χ0n) is 16.5. The van der Waals surface area contributed by atoms with Crippen molar-refractivity contribution in [3.05, 3.63) is 0 Å². The van der Waals surface area contributed by atoms with Crippen LogP contribution in [0, 0.1) is 5.92 Å². The quantitative estimate of drug-likeness (QED) is 0.242. The zero-order chi connectivity index (χ0) is 17.5. The average molecular weight is 497 g/mol. The van der Waals surface area contributed by atoms with E-state index in [1.165, 1.54) is 63.1 Å². The molecule has 3 aliphatic rings. The molecule has 0 aromatic rings. The van der Waals surface area contributed by atoms with Crippen LogP contribution in [0.4, 0.5) is 0 Å². The van der Waals surface area contributed by atoms with Gasteiger partial charge in [0, 0.05) is 63.9 Å². The predicted molar refractivity (Wildman–Crippen MR) is 123 cm³/mol. The molecule has 2 saturated carbocycles. The number of nitrogens with one attached hydrogen (secondary N) is 1. The summed E-state index contributed by atoms with van der Waals surface area (Å²) in [7, 11) is 4.01. The third-order valence-corrected chi connectivity index (χ3v) is 6.93. The van der Waals surface area contributed by atoms with Gasteiger partial charge in [-0.15, -0.1) is 24.0 Å². The Morgan fingerprint density at radius 3 is 2.58 bits per heavy atom. The van der Waals surface area contributed by atoms with Crippen LogP contribution in [0.2, 0.25) is 0 Å². The lowest BCUT2D eigenvalue weighted by atomic mass is 9.94. The highest BCUT2D eigenvalue weighted by Crippen LogP contribution is 2.36. The first kappa shape index (κ1) is 22.6. The number of nitrogens with zero attached hydrogens (tertiary/aromatic N) is 3. The van der Waals surface area contributed by atoms with Crippen molar-refractivity contribution in [3.63, 3.8) is 0 Å². The first-order valence-electron chi connectivity index (χ1n) is 10.1. The van der Waals surface area contributed by atoms with Crippen LogP contribution < -0.4 is 5.32 Å². The van der Waals surface area contributed by atoms with Crippen LogP contribution in [0.25, 0.3) is 0 Å². The van der Waals surface area contributed by atoms with E-state index in [0.717, 1.165) is 38.2 Å². The summed E-state index contributed by atoms with van der Waals surface area (Å²) >= 11 is 2.10. The molecule has 0 spiro atoms. The van der Waals surface area contributed by atoms with E-state index in [1.54, 1.807) is 0 Å². The van der Waals surface area contributed by atoms with E-state index in [1.807, 2.05) is 7.05 Å². The van der Waals surface area contributed by atoms with Crippen molar-refractivity contribution >= 4 is 41.7 Å². The van der Waals surface area contributed by atoms with E-state index in [2.05, 4.69) is 38.9 Å². The van der Waals surface area contributed by atoms with Gasteiger partial charge >= 0.3 is 0 Å². The molecular weight excluding hydrogens is 459 g/mol. The van der Waals surface area contributed by atoms with Crippen LogP contribution in [0.1, 0.15) is 38.5 Å². The molecule has 0 atom stereocenters. The third kappa shape index (κ3) is 6.41. The fourth-order valence-corrected chi connectivity index (χ4v) is 5.05. The SMILES string of the molecule is CN=C(NCC1(N2CCSCC2)CCCC1)N(C)CCOCC1CC1.I. The third-order valence-electron chi connectivity index (χ3n) is 5.99. The van der Waals surface area contributed by atoms with E-state index in [0.29, 0.717) is 5.54 Å². The van der Waals surface area contributed by atoms with Crippen LogP contribution in [-0.2, 0) is 4.74 Å². The highest BCUT2D eigenvalue weighted by atomic mass is 127. The monoisotopic (exact) mass is 496 g/mol. The summed E-state index contributed by atoms with van der Waals surface area (Å²) in [6.45, 7) is 6.15. The minimum atomic E-state index is 0. The maximum atomic E-state index is 5.78. The van der Waals surface area contributed by atoms with Crippen molar-refractivity contribution in [1.29, 1.82) is 0 Å². The molecule has 3 rings (SSSR count). The highest BCUT2D eigenvalue weighted by molar-refractivity contribution is 14.0. The van der Waals surface area contributed by atoms with Crippen molar-refractivity contribution in [2.24, 2.45) is 10.9 Å². The molecule has 0 bridgehead atoms. The molecule has 1 aliphatic heterocycles. The molecule has 0 amide bonds. The lowest BCUT2D eigenvalue weighted by Gasteiger charge is -2.44. The molecule has 7 heteroatoms. The minimum Gasteiger partial charge on any atom is -0.379 e. The Balaban J connectivity index is 0.00000243. The van der Waals surface area contributed by atoms with Gasteiger partial charge in [-0.1, -0.05) is 12.8 Å². The van der Waals surface area contributed by atoms with E-state index in [4.69, 9.17) is 4.74 Å². The van der Waals surface area contributed by atoms with Crippen LogP contribution in [0.5, 0.6) is 0 Å². The van der Waals surface area contributed by atoms with Crippen LogP contribution in [0.3, 0.4) is 0 Å². The van der Waals surface area contributed by atoms with Gasteiger partial charge in [0.2, 0.25) is 0 Å². The number of likely N-dealkylation sites (N-methyl/N-ethyl adjacent to an activating group) is 1. The van der Waals surface area contributed by atoms with Crippen LogP contribution >= 0.6 is 35.7 Å². The normalized spacial score (nSPS) is 23.5. The number of guanidine groups is 1. The molecule has 152 valence electrons. The first-order valence-corrected chi connectivity index (χ1v) is 11.2. The fraction of sp³-hybridized carbons (Fsp3) is 0.947. The van der Waals surface area contributed by atoms with Gasteiger partial charge in [0.15, 0.2) is 5.96 Å². The summed E-state index contributed by atoms with van der Waals surface area (Å²) in [6.07, 6.45) is 8.11. The topological polar surface area (TPSA) is 40.1 Å². The van der Waals surface area contributed by atoms with Gasteiger partial charge < -0.3 is 15.0 Å². The maximum absolute atomic E-state index is 5.78. The summed E-state index contributed by atoms with van der Waals surface area (Å²) < 4.78 is 5.78. The van der Waals surface area contributed by atoms with E-state index in [-0.39, 0.29) is 24.0 Å². The zero-order valence-corrected chi connectivity index (χ0v) is 19.7. The minimum absolute atomic E-state index is 0. The van der Waals surface area contributed by atoms with E-state index in [9.17, 15) is 0 Å². The standard InChI is InChI=1S/C19H36N4OS.HI/c1-20-18(22(2)9-12-24-15-17-5-6-17)21-16-19(7-3-4-8-19)23-10-13-25-14-11-23;/h17H,3-16H2,1-2H3,(H,20,21);1H. The molecule has 1 N–H and O–H groups in total. The summed E-state index contributed by atoms with van der Waals surface area (Å²) in [5.74, 6) is 4.42. The number of halogens is 1. The second kappa shape index (κ2) is 11.3. The van der Waals surface area contributed by atoms with Gasteiger partial charge in [-0.25, -0.2) is 0 Å². The Kier molecular flexibility index (Phi) is 9.82. The van der Waals surface area contributed by atoms with Crippen molar-refractivity contribution < 1.29 is 4.74 Å². The van der Waals surface area contributed by atoms with Crippen molar-refractivity contribution in [1.82, 2.24) is 15.1 Å². The largest absolute Gasteiger partial charge is 0.379 e. The van der Waals surface area contributed by atoms with Gasteiger partial charge in [0.1, 0.15) is 0 Å². The number of rotatable bonds is 8. The molecule has 1 saturated heterocycles. The smallest absolute Gasteiger partial charge is 0.193 e. The Hall–Kier alpha value is 0.270. The predicted octanol–water partition coefficient (Wildman–Crippen LogP) is 2.90. The van der Waals surface area contributed by atoms with Gasteiger partial charge in [-0.2, -0.15) is 11.8 Å². The van der Waals surface area contributed by atoms with E-state index < -0.39 is 0 Å². The number of hydrogen-bond donors (Lipinski definition) is 1. The summed E-state index contributed by atoms with van der Waals surface area (Å²) in [5, 5.41) is 3.68. The lowest BCUT2D eigenvalue weighted by molar-refractivity contribution is 0.104. The Morgan fingerprint density at radius 2 is 1.96 bits per heavy atom. The van der Waals surface area contributed by atoms with Gasteiger partial charge in [-0.05, 0) is 31.6 Å². The van der Waals surface area contributed by atoms with Gasteiger partial charge in [0.05, 0.1) is 6.61 Å². The maximum Gasteiger partial charge on any atom is 0.193 e. The summed E-state index contributed by atoms with van der Waals surface area (Å²) in [6, 6.07) is 0. The molecule has 1 heterocycles. The number of ether oxygens (including phenoxy) is 1.